The molecule has 27 heavy (non-hydrogen) atoms. The van der Waals surface area contributed by atoms with Crippen LogP contribution in [-0.4, -0.2) is 60.8 Å². The van der Waals surface area contributed by atoms with Crippen molar-refractivity contribution in [3.8, 4) is 0 Å². The fourth-order valence-corrected chi connectivity index (χ4v) is 4.39. The Morgan fingerprint density at radius 1 is 1.33 bits per heavy atom. The molecule has 0 radical (unpaired) electrons. The van der Waals surface area contributed by atoms with Crippen LogP contribution in [0.1, 0.15) is 70.2 Å². The summed E-state index contributed by atoms with van der Waals surface area (Å²) in [6, 6.07) is -0.169. The summed E-state index contributed by atoms with van der Waals surface area (Å²) >= 11 is 0. The predicted octanol–water partition coefficient (Wildman–Crippen LogP) is 1.79. The van der Waals surface area contributed by atoms with Crippen LogP contribution in [0.4, 0.5) is 0 Å². The maximum atomic E-state index is 13.3. The molecule has 2 aliphatic rings. The molecule has 1 aliphatic heterocycles. The molecule has 2 amide bonds. The molecule has 1 aromatic heterocycles. The van der Waals surface area contributed by atoms with Crippen molar-refractivity contribution in [2.75, 3.05) is 13.1 Å². The van der Waals surface area contributed by atoms with Gasteiger partial charge in [-0.25, -0.2) is 5.06 Å². The average molecular weight is 378 g/mol. The highest BCUT2D eigenvalue weighted by molar-refractivity contribution is 5.80. The number of likely N-dealkylation sites (tertiary alicyclic amines) is 1. The highest BCUT2D eigenvalue weighted by Crippen LogP contribution is 2.35. The Morgan fingerprint density at radius 2 is 2.11 bits per heavy atom. The molecule has 0 spiro atoms. The Morgan fingerprint density at radius 3 is 2.81 bits per heavy atom. The second-order valence-electron chi connectivity index (χ2n) is 7.74. The summed E-state index contributed by atoms with van der Waals surface area (Å²) in [5.41, 5.74) is 0. The number of hydrogen-bond donors (Lipinski definition) is 1. The zero-order valence-electron chi connectivity index (χ0n) is 16.0. The fourth-order valence-electron chi connectivity index (χ4n) is 4.39. The number of rotatable bonds is 9. The van der Waals surface area contributed by atoms with E-state index in [0.29, 0.717) is 42.7 Å². The number of carbonyl (C=O) groups is 2. The van der Waals surface area contributed by atoms with Crippen molar-refractivity contribution < 1.29 is 14.8 Å². The first-order valence-corrected chi connectivity index (χ1v) is 10.1. The first-order chi connectivity index (χ1) is 13.1. The number of amides is 2. The van der Waals surface area contributed by atoms with E-state index in [0.717, 1.165) is 32.1 Å². The summed E-state index contributed by atoms with van der Waals surface area (Å²) in [5, 5.41) is 23.0. The molecule has 3 rings (SSSR count). The summed E-state index contributed by atoms with van der Waals surface area (Å²) in [7, 11) is 0. The van der Waals surface area contributed by atoms with Crippen LogP contribution in [0.5, 0.6) is 0 Å². The van der Waals surface area contributed by atoms with Gasteiger partial charge < -0.3 is 4.90 Å². The second-order valence-corrected chi connectivity index (χ2v) is 7.74. The normalized spacial score (nSPS) is 21.6. The summed E-state index contributed by atoms with van der Waals surface area (Å²) in [6.07, 6.45) is 8.33. The van der Waals surface area contributed by atoms with Gasteiger partial charge in [-0.15, -0.1) is 10.2 Å². The molecule has 0 bridgehead atoms. The van der Waals surface area contributed by atoms with Gasteiger partial charge in [0.15, 0.2) is 5.82 Å². The minimum Gasteiger partial charge on any atom is -0.332 e. The third kappa shape index (κ3) is 4.82. The van der Waals surface area contributed by atoms with E-state index in [9.17, 15) is 14.8 Å². The van der Waals surface area contributed by atoms with Crippen molar-refractivity contribution in [2.45, 2.75) is 70.9 Å². The molecular weight excluding hydrogens is 348 g/mol. The van der Waals surface area contributed by atoms with Crippen LogP contribution in [0.25, 0.3) is 0 Å². The Bertz CT molecular complexity index is 630. The molecule has 2 fully saturated rings. The van der Waals surface area contributed by atoms with Crippen LogP contribution in [0.15, 0.2) is 0 Å². The molecule has 1 saturated carbocycles. The van der Waals surface area contributed by atoms with E-state index in [4.69, 9.17) is 0 Å². The SMILES string of the molecule is CCCn1nnc([C@@H]2CCCN2C(=O)[C@@H](CC2CCCC2)CN(O)C=O)n1. The number of carbonyl (C=O) groups excluding carboxylic acids is 2. The zero-order valence-corrected chi connectivity index (χ0v) is 16.0. The first-order valence-electron chi connectivity index (χ1n) is 10.1. The molecule has 1 N–H and O–H groups in total. The summed E-state index contributed by atoms with van der Waals surface area (Å²) in [4.78, 5) is 27.6. The Kier molecular flexibility index (Phi) is 6.76. The number of aryl methyl sites for hydroxylation is 1. The van der Waals surface area contributed by atoms with Crippen molar-refractivity contribution in [3.05, 3.63) is 5.82 Å². The lowest BCUT2D eigenvalue weighted by Gasteiger charge is -2.29. The molecule has 2 atom stereocenters. The lowest BCUT2D eigenvalue weighted by atomic mass is 9.91. The average Bonchev–Trinajstić information content (AvgIpc) is 3.41. The molecule has 9 heteroatoms. The van der Waals surface area contributed by atoms with Gasteiger partial charge in [0.1, 0.15) is 0 Å². The van der Waals surface area contributed by atoms with Crippen LogP contribution in [-0.2, 0) is 16.1 Å². The number of aromatic nitrogens is 4. The molecule has 1 saturated heterocycles. The molecule has 9 nitrogen and oxygen atoms in total. The van der Waals surface area contributed by atoms with Gasteiger partial charge in [0.25, 0.3) is 0 Å². The van der Waals surface area contributed by atoms with Gasteiger partial charge in [-0.1, -0.05) is 32.6 Å². The molecular formula is C18H30N6O3. The van der Waals surface area contributed by atoms with Crippen molar-refractivity contribution in [3.63, 3.8) is 0 Å². The maximum absolute atomic E-state index is 13.3. The van der Waals surface area contributed by atoms with Crippen LogP contribution in [0.3, 0.4) is 0 Å². The van der Waals surface area contributed by atoms with Crippen molar-refractivity contribution in [2.24, 2.45) is 11.8 Å². The monoisotopic (exact) mass is 378 g/mol. The topological polar surface area (TPSA) is 104 Å². The number of hydrogen-bond acceptors (Lipinski definition) is 6. The summed E-state index contributed by atoms with van der Waals surface area (Å²) < 4.78 is 0. The lowest BCUT2D eigenvalue weighted by molar-refractivity contribution is -0.157. The Hall–Kier alpha value is -2.03. The van der Waals surface area contributed by atoms with Crippen LogP contribution < -0.4 is 0 Å². The molecule has 0 aromatic carbocycles. The highest BCUT2D eigenvalue weighted by atomic mass is 16.5. The third-order valence-corrected chi connectivity index (χ3v) is 5.70. The van der Waals surface area contributed by atoms with Crippen molar-refractivity contribution in [1.82, 2.24) is 30.2 Å². The Balaban J connectivity index is 1.72. The maximum Gasteiger partial charge on any atom is 0.233 e. The van der Waals surface area contributed by atoms with E-state index in [-0.39, 0.29) is 18.5 Å². The molecule has 1 aromatic rings. The van der Waals surface area contributed by atoms with Gasteiger partial charge in [0.05, 0.1) is 25.0 Å². The minimum absolute atomic E-state index is 0.0165. The smallest absolute Gasteiger partial charge is 0.233 e. The largest absolute Gasteiger partial charge is 0.332 e. The van der Waals surface area contributed by atoms with Gasteiger partial charge in [-0.2, -0.15) is 4.80 Å². The number of hydroxylamine groups is 2. The molecule has 150 valence electrons. The molecule has 2 heterocycles. The van der Waals surface area contributed by atoms with E-state index >= 15 is 0 Å². The highest BCUT2D eigenvalue weighted by Gasteiger charge is 2.38. The first kappa shape index (κ1) is 19.7. The van der Waals surface area contributed by atoms with E-state index in [1.165, 1.54) is 12.8 Å². The summed E-state index contributed by atoms with van der Waals surface area (Å²) in [5.74, 6) is 0.667. The summed E-state index contributed by atoms with van der Waals surface area (Å²) in [6.45, 7) is 3.45. The Labute approximate surface area is 159 Å². The third-order valence-electron chi connectivity index (χ3n) is 5.70. The molecule has 0 unspecified atom stereocenters. The van der Waals surface area contributed by atoms with E-state index < -0.39 is 5.92 Å². The zero-order chi connectivity index (χ0) is 19.2. The lowest BCUT2D eigenvalue weighted by Crippen LogP contribution is -2.41. The predicted molar refractivity (Wildman–Crippen MR) is 96.4 cm³/mol. The van der Waals surface area contributed by atoms with Crippen LogP contribution >= 0.6 is 0 Å². The fraction of sp³-hybridized carbons (Fsp3) is 0.833. The van der Waals surface area contributed by atoms with E-state index in [1.54, 1.807) is 4.80 Å². The van der Waals surface area contributed by atoms with Gasteiger partial charge >= 0.3 is 0 Å². The quantitative estimate of drug-likeness (QED) is 0.399. The van der Waals surface area contributed by atoms with E-state index in [2.05, 4.69) is 22.3 Å². The molecule has 1 aliphatic carbocycles. The second kappa shape index (κ2) is 9.25. The number of tetrazole rings is 1. The van der Waals surface area contributed by atoms with Crippen LogP contribution in [0, 0.1) is 11.8 Å². The van der Waals surface area contributed by atoms with Gasteiger partial charge in [0, 0.05) is 6.54 Å². The standard InChI is InChI=1S/C18H30N6O3/c1-2-9-24-20-17(19-21-24)16-8-5-10-23(16)18(26)15(12-22(27)13-25)11-14-6-3-4-7-14/h13-16,27H,2-12H2,1H3/t15-,16-/m0/s1. The van der Waals surface area contributed by atoms with Gasteiger partial charge in [0.2, 0.25) is 12.3 Å². The van der Waals surface area contributed by atoms with Gasteiger partial charge in [-0.05, 0) is 36.8 Å². The minimum atomic E-state index is -0.394. The van der Waals surface area contributed by atoms with Gasteiger partial charge in [-0.3, -0.25) is 14.8 Å². The van der Waals surface area contributed by atoms with Crippen LogP contribution in [0.2, 0.25) is 0 Å². The van der Waals surface area contributed by atoms with E-state index in [1.807, 2.05) is 4.90 Å². The van der Waals surface area contributed by atoms with Crippen molar-refractivity contribution >= 4 is 12.3 Å². The van der Waals surface area contributed by atoms with Crippen molar-refractivity contribution in [1.29, 1.82) is 0 Å². The number of nitrogens with zero attached hydrogens (tertiary/aromatic N) is 6.